The van der Waals surface area contributed by atoms with Gasteiger partial charge in [-0.2, -0.15) is 0 Å². The zero-order valence-corrected chi connectivity index (χ0v) is 19.2. The maximum atomic E-state index is 13.4. The molecule has 0 aliphatic heterocycles. The van der Waals surface area contributed by atoms with Crippen molar-refractivity contribution < 1.29 is 9.59 Å². The van der Waals surface area contributed by atoms with Crippen molar-refractivity contribution >= 4 is 45.3 Å². The van der Waals surface area contributed by atoms with Gasteiger partial charge in [0, 0.05) is 23.6 Å². The Kier molecular flexibility index (Phi) is 7.90. The van der Waals surface area contributed by atoms with Gasteiger partial charge >= 0.3 is 6.03 Å². The van der Waals surface area contributed by atoms with Crippen LogP contribution in [0, 0.1) is 0 Å². The number of nitrogens with two attached hydrogens (primary N) is 1. The minimum atomic E-state index is -0.837. The Morgan fingerprint density at radius 3 is 2.77 bits per heavy atom. The van der Waals surface area contributed by atoms with Crippen LogP contribution in [0.2, 0.25) is 0 Å². The van der Waals surface area contributed by atoms with Crippen LogP contribution in [0.15, 0.2) is 9.95 Å². The maximum Gasteiger partial charge on any atom is 0.318 e. The van der Waals surface area contributed by atoms with Gasteiger partial charge in [-0.1, -0.05) is 11.8 Å². The van der Waals surface area contributed by atoms with E-state index in [-0.39, 0.29) is 17.9 Å². The molecule has 0 unspecified atom stereocenters. The standard InChI is InChI=1S/C20H29N5O3S2/c1-24(2)10-6-11-25-18(27)16-13-7-3-4-8-14(13)30-17(16)23-20(25)29-12-5-9-15(26)22-19(21)28/h3-12H2,1-2H3,(H3,21,22,26,28). The summed E-state index contributed by atoms with van der Waals surface area (Å²) >= 11 is 3.15. The Morgan fingerprint density at radius 2 is 2.03 bits per heavy atom. The lowest BCUT2D eigenvalue weighted by Gasteiger charge is -2.15. The first-order valence-electron chi connectivity index (χ1n) is 10.3. The van der Waals surface area contributed by atoms with E-state index < -0.39 is 6.03 Å². The molecule has 0 saturated carbocycles. The molecule has 8 nitrogen and oxygen atoms in total. The Hall–Kier alpha value is -1.91. The molecule has 0 bridgehead atoms. The van der Waals surface area contributed by atoms with Crippen molar-refractivity contribution in [2.24, 2.45) is 5.73 Å². The molecule has 2 aromatic heterocycles. The summed E-state index contributed by atoms with van der Waals surface area (Å²) in [5.74, 6) is 0.240. The molecule has 3 amide bonds. The molecule has 1 aliphatic carbocycles. The Labute approximate surface area is 184 Å². The van der Waals surface area contributed by atoms with Crippen molar-refractivity contribution in [2.45, 2.75) is 56.6 Å². The number of thiophene rings is 1. The number of hydrogen-bond donors (Lipinski definition) is 2. The normalized spacial score (nSPS) is 13.6. The molecule has 2 heterocycles. The van der Waals surface area contributed by atoms with Crippen molar-refractivity contribution in [1.82, 2.24) is 19.8 Å². The van der Waals surface area contributed by atoms with E-state index in [0.29, 0.717) is 23.9 Å². The number of thioether (sulfide) groups is 1. The van der Waals surface area contributed by atoms with Gasteiger partial charge in [0.05, 0.1) is 5.39 Å². The second-order valence-electron chi connectivity index (χ2n) is 7.76. The molecule has 0 saturated heterocycles. The van der Waals surface area contributed by atoms with Gasteiger partial charge in [-0.25, -0.2) is 9.78 Å². The first-order chi connectivity index (χ1) is 14.4. The van der Waals surface area contributed by atoms with E-state index in [0.717, 1.165) is 42.4 Å². The van der Waals surface area contributed by atoms with E-state index in [1.807, 2.05) is 18.7 Å². The minimum Gasteiger partial charge on any atom is -0.351 e. The molecular formula is C20H29N5O3S2. The number of carbonyl (C=O) groups is 2. The van der Waals surface area contributed by atoms with Crippen molar-refractivity contribution in [3.05, 3.63) is 20.8 Å². The Balaban J connectivity index is 1.81. The SMILES string of the molecule is CN(C)CCCn1c(SCCCC(=O)NC(N)=O)nc2sc3c(c2c1=O)CCCC3. The lowest BCUT2D eigenvalue weighted by atomic mass is 9.97. The summed E-state index contributed by atoms with van der Waals surface area (Å²) in [4.78, 5) is 44.8. The van der Waals surface area contributed by atoms with Gasteiger partial charge in [0.2, 0.25) is 5.91 Å². The molecule has 0 radical (unpaired) electrons. The number of nitrogens with one attached hydrogen (secondary N) is 1. The number of imide groups is 1. The number of aryl methyl sites for hydroxylation is 2. The van der Waals surface area contributed by atoms with E-state index in [4.69, 9.17) is 10.7 Å². The number of primary amides is 1. The van der Waals surface area contributed by atoms with Crippen LogP contribution in [0.5, 0.6) is 0 Å². The molecule has 30 heavy (non-hydrogen) atoms. The smallest absolute Gasteiger partial charge is 0.318 e. The van der Waals surface area contributed by atoms with Gasteiger partial charge in [-0.15, -0.1) is 11.3 Å². The van der Waals surface area contributed by atoms with Gasteiger partial charge in [0.15, 0.2) is 5.16 Å². The van der Waals surface area contributed by atoms with Crippen molar-refractivity contribution in [1.29, 1.82) is 0 Å². The van der Waals surface area contributed by atoms with Gasteiger partial charge in [0.1, 0.15) is 4.83 Å². The van der Waals surface area contributed by atoms with Crippen LogP contribution < -0.4 is 16.6 Å². The minimum absolute atomic E-state index is 0.0622. The molecule has 0 aromatic carbocycles. The van der Waals surface area contributed by atoms with E-state index in [1.165, 1.54) is 28.6 Å². The van der Waals surface area contributed by atoms with Crippen molar-refractivity contribution in [2.75, 3.05) is 26.4 Å². The molecule has 164 valence electrons. The van der Waals surface area contributed by atoms with E-state index in [9.17, 15) is 14.4 Å². The zero-order chi connectivity index (χ0) is 21.7. The average Bonchev–Trinajstić information content (AvgIpc) is 3.05. The number of amides is 3. The van der Waals surface area contributed by atoms with Crippen LogP contribution in [-0.2, 0) is 24.2 Å². The topological polar surface area (TPSA) is 110 Å². The molecule has 2 aromatic rings. The first-order valence-corrected chi connectivity index (χ1v) is 12.1. The molecule has 3 N–H and O–H groups in total. The number of fused-ring (bicyclic) bond motifs is 3. The molecule has 3 rings (SSSR count). The Bertz CT molecular complexity index is 983. The Morgan fingerprint density at radius 1 is 1.27 bits per heavy atom. The number of urea groups is 1. The van der Waals surface area contributed by atoms with Crippen LogP contribution in [0.25, 0.3) is 10.2 Å². The lowest BCUT2D eigenvalue weighted by molar-refractivity contribution is -0.119. The summed E-state index contributed by atoms with van der Waals surface area (Å²) in [5, 5.41) is 3.59. The van der Waals surface area contributed by atoms with Crippen LogP contribution in [0.1, 0.15) is 42.5 Å². The summed E-state index contributed by atoms with van der Waals surface area (Å²) < 4.78 is 1.81. The third kappa shape index (κ3) is 5.61. The molecule has 0 spiro atoms. The highest BCUT2D eigenvalue weighted by atomic mass is 32.2. The highest BCUT2D eigenvalue weighted by molar-refractivity contribution is 7.99. The number of carbonyl (C=O) groups excluding carboxylic acids is 2. The number of rotatable bonds is 9. The third-order valence-corrected chi connectivity index (χ3v) is 7.32. The molecule has 0 fully saturated rings. The van der Waals surface area contributed by atoms with Crippen LogP contribution >= 0.6 is 23.1 Å². The van der Waals surface area contributed by atoms with E-state index >= 15 is 0 Å². The zero-order valence-electron chi connectivity index (χ0n) is 17.5. The summed E-state index contributed by atoms with van der Waals surface area (Å²) in [6, 6.07) is -0.837. The molecular weight excluding hydrogens is 422 g/mol. The fraction of sp³-hybridized carbons (Fsp3) is 0.600. The van der Waals surface area contributed by atoms with E-state index in [2.05, 4.69) is 10.2 Å². The first kappa shape index (κ1) is 22.8. The average molecular weight is 452 g/mol. The molecule has 10 heteroatoms. The summed E-state index contributed by atoms with van der Waals surface area (Å²) in [5.41, 5.74) is 6.23. The number of hydrogen-bond acceptors (Lipinski definition) is 7. The fourth-order valence-electron chi connectivity index (χ4n) is 3.67. The second kappa shape index (κ2) is 10.4. The summed E-state index contributed by atoms with van der Waals surface area (Å²) in [7, 11) is 4.04. The van der Waals surface area contributed by atoms with Crippen molar-refractivity contribution in [3.63, 3.8) is 0 Å². The van der Waals surface area contributed by atoms with Gasteiger partial charge in [0.25, 0.3) is 5.56 Å². The highest BCUT2D eigenvalue weighted by Gasteiger charge is 2.22. The van der Waals surface area contributed by atoms with Crippen LogP contribution in [0.3, 0.4) is 0 Å². The van der Waals surface area contributed by atoms with Crippen LogP contribution in [0.4, 0.5) is 4.79 Å². The third-order valence-electron chi connectivity index (χ3n) is 5.07. The largest absolute Gasteiger partial charge is 0.351 e. The fourth-order valence-corrected chi connectivity index (χ4v) is 5.94. The summed E-state index contributed by atoms with van der Waals surface area (Å²) in [6.45, 7) is 1.51. The highest BCUT2D eigenvalue weighted by Crippen LogP contribution is 2.34. The summed E-state index contributed by atoms with van der Waals surface area (Å²) in [6.07, 6.45) is 5.93. The van der Waals surface area contributed by atoms with Gasteiger partial charge in [-0.05, 0) is 64.7 Å². The van der Waals surface area contributed by atoms with Gasteiger partial charge in [-0.3, -0.25) is 19.5 Å². The van der Waals surface area contributed by atoms with Crippen LogP contribution in [-0.4, -0.2) is 52.8 Å². The number of nitrogens with zero attached hydrogens (tertiary/aromatic N) is 3. The maximum absolute atomic E-state index is 13.4. The molecule has 1 aliphatic rings. The predicted octanol–water partition coefficient (Wildman–Crippen LogP) is 2.36. The monoisotopic (exact) mass is 451 g/mol. The predicted molar refractivity (Wildman–Crippen MR) is 121 cm³/mol. The van der Waals surface area contributed by atoms with E-state index in [1.54, 1.807) is 11.3 Å². The van der Waals surface area contributed by atoms with Crippen molar-refractivity contribution in [3.8, 4) is 0 Å². The second-order valence-corrected chi connectivity index (χ2v) is 9.91. The quantitative estimate of drug-likeness (QED) is 0.344. The van der Waals surface area contributed by atoms with Gasteiger partial charge < -0.3 is 10.6 Å². The number of aromatic nitrogens is 2. The lowest BCUT2D eigenvalue weighted by Crippen LogP contribution is -2.34. The molecule has 0 atom stereocenters.